The van der Waals surface area contributed by atoms with Gasteiger partial charge >= 0.3 is 72.4 Å². The number of hydrogen-bond donors (Lipinski definition) is 0. The zero-order valence-corrected chi connectivity index (χ0v) is 3.71. The van der Waals surface area contributed by atoms with Crippen LogP contribution in [0.5, 0.6) is 0 Å². The summed E-state index contributed by atoms with van der Waals surface area (Å²) in [5.41, 5.74) is 0. The molecule has 0 aliphatic heterocycles. The van der Waals surface area contributed by atoms with E-state index in [4.69, 9.17) is 3.67 Å². The molecule has 0 aliphatic rings. The normalized spacial score (nSPS) is 0.750. The third-order valence-corrected chi connectivity index (χ3v) is 0. The molecule has 0 spiro atoms. The van der Waals surface area contributed by atoms with Crippen molar-refractivity contribution in [2.45, 2.75) is 0 Å². The van der Waals surface area contributed by atoms with Gasteiger partial charge in [-0.3, -0.25) is 0 Å². The summed E-state index contributed by atoms with van der Waals surface area (Å²) in [5.74, 6) is 0. The van der Waals surface area contributed by atoms with E-state index in [0.717, 1.165) is 17.4 Å². The van der Waals surface area contributed by atoms with Crippen molar-refractivity contribution in [2.75, 3.05) is 0 Å². The molecule has 0 aromatic rings. The van der Waals surface area contributed by atoms with Gasteiger partial charge in [0.25, 0.3) is 0 Å². The fourth-order valence-corrected chi connectivity index (χ4v) is 0. The summed E-state index contributed by atoms with van der Waals surface area (Å²) in [4.78, 5) is 0. The van der Waals surface area contributed by atoms with Gasteiger partial charge < -0.3 is 0 Å². The second-order valence-corrected chi connectivity index (χ2v) is 0. The summed E-state index contributed by atoms with van der Waals surface area (Å²) in [6.45, 7) is 0. The molecule has 0 heterocycles. The molecule has 4 heavy (non-hydrogen) atoms. The molecule has 0 aliphatic carbocycles. The molecule has 0 fully saturated rings. The Bertz CT molecular complexity index is 8.00. The zero-order valence-electron chi connectivity index (χ0n) is 1.21. The third-order valence-electron chi connectivity index (χ3n) is 0. The van der Waals surface area contributed by atoms with Crippen molar-refractivity contribution in [1.29, 1.82) is 0 Å². The minimum absolute atomic E-state index is 0. The molecular weight excluding hydrogens is 162 g/mol. The maximum atomic E-state index is 8.19. The van der Waals surface area contributed by atoms with Gasteiger partial charge in [-0.1, -0.05) is 0 Å². The van der Waals surface area contributed by atoms with Crippen LogP contribution >= 0.6 is 0 Å². The summed E-state index contributed by atoms with van der Waals surface area (Å²) in [5, 5.41) is 0. The Hall–Kier alpha value is 2.54. The van der Waals surface area contributed by atoms with Crippen molar-refractivity contribution in [2.24, 2.45) is 0 Å². The average Bonchev–Trinajstić information content (AvgIpc) is 1.00. The molecule has 0 saturated heterocycles. The summed E-state index contributed by atoms with van der Waals surface area (Å²) in [6.07, 6.45) is 0. The molecular formula is HFeKOV. The third kappa shape index (κ3) is 8.82. The fourth-order valence-electron chi connectivity index (χ4n) is 0. The van der Waals surface area contributed by atoms with Crippen molar-refractivity contribution in [1.82, 2.24) is 0 Å². The summed E-state index contributed by atoms with van der Waals surface area (Å²) < 4.78 is 8.19. The van der Waals surface area contributed by atoms with Crippen LogP contribution in [0.25, 0.3) is 0 Å². The molecule has 0 saturated carbocycles. The quantitative estimate of drug-likeness (QED) is 0.428. The van der Waals surface area contributed by atoms with E-state index < -0.39 is 0 Å². The van der Waals surface area contributed by atoms with Crippen LogP contribution < -0.4 is 0 Å². The van der Waals surface area contributed by atoms with Gasteiger partial charge in [0, 0.05) is 17.1 Å². The molecule has 1 nitrogen and oxygen atoms in total. The Labute approximate surface area is 87.4 Å². The van der Waals surface area contributed by atoms with Crippen molar-refractivity contribution in [3.63, 3.8) is 0 Å². The van der Waals surface area contributed by atoms with Crippen LogP contribution in [0, 0.1) is 0 Å². The van der Waals surface area contributed by atoms with Crippen molar-refractivity contribution in [3.05, 3.63) is 0 Å². The van der Waals surface area contributed by atoms with Crippen molar-refractivity contribution >= 4 is 51.4 Å². The van der Waals surface area contributed by atoms with Crippen LogP contribution in [0.1, 0.15) is 0 Å². The van der Waals surface area contributed by atoms with Crippen molar-refractivity contribution in [3.8, 4) is 0 Å². The fraction of sp³-hybridized carbons (Fsp3) is 0. The van der Waals surface area contributed by atoms with Gasteiger partial charge in [0.15, 0.2) is 0 Å². The molecule has 0 aromatic carbocycles. The van der Waals surface area contributed by atoms with Crippen LogP contribution in [0.2, 0.25) is 0 Å². The van der Waals surface area contributed by atoms with Gasteiger partial charge in [0.05, 0.1) is 0 Å². The van der Waals surface area contributed by atoms with Gasteiger partial charge in [-0.2, -0.15) is 0 Å². The Morgan fingerprint density at radius 2 is 1.25 bits per heavy atom. The number of rotatable bonds is 0. The molecule has 0 aromatic heterocycles. The molecule has 0 radical (unpaired) electrons. The molecule has 0 unspecified atom stereocenters. The van der Waals surface area contributed by atoms with Gasteiger partial charge in [-0.15, -0.1) is 0 Å². The SMILES string of the molecule is [Fe].[KH].[O]=[V]. The van der Waals surface area contributed by atoms with Gasteiger partial charge in [0.1, 0.15) is 0 Å². The van der Waals surface area contributed by atoms with Gasteiger partial charge in [0.2, 0.25) is 0 Å². The Kier molecular flexibility index (Phi) is 70.9. The van der Waals surface area contributed by atoms with Crippen LogP contribution in [0.3, 0.4) is 0 Å². The van der Waals surface area contributed by atoms with E-state index in [2.05, 4.69) is 0 Å². The van der Waals surface area contributed by atoms with Crippen LogP contribution in [-0.2, 0) is 38.1 Å². The summed E-state index contributed by atoms with van der Waals surface area (Å²) >= 11 is 1.06. The maximum absolute atomic E-state index is 8.19. The van der Waals surface area contributed by atoms with Crippen LogP contribution in [0.15, 0.2) is 0 Å². The molecule has 4 heteroatoms. The number of hydrogen-bond acceptors (Lipinski definition) is 1. The van der Waals surface area contributed by atoms with Crippen molar-refractivity contribution < 1.29 is 38.1 Å². The first-order valence-electron chi connectivity index (χ1n) is 0.183. The van der Waals surface area contributed by atoms with Gasteiger partial charge in [-0.05, 0) is 0 Å². The first-order chi connectivity index (χ1) is 1.00. The predicted molar refractivity (Wildman–Crippen MR) is 7.84 cm³/mol. The monoisotopic (exact) mass is 163 g/mol. The standard InChI is InChI=1S/Fe.K.O.V.H. The van der Waals surface area contributed by atoms with E-state index in [0.29, 0.717) is 0 Å². The predicted octanol–water partition coefficient (Wildman–Crippen LogP) is -0.772. The molecule has 0 atom stereocenters. The molecule has 0 N–H and O–H groups in total. The topological polar surface area (TPSA) is 17.1 Å². The van der Waals surface area contributed by atoms with E-state index in [9.17, 15) is 0 Å². The van der Waals surface area contributed by atoms with E-state index in [1.165, 1.54) is 0 Å². The molecule has 0 bridgehead atoms. The van der Waals surface area contributed by atoms with Gasteiger partial charge in [-0.25, -0.2) is 0 Å². The van der Waals surface area contributed by atoms with Crippen LogP contribution in [-0.4, -0.2) is 51.4 Å². The van der Waals surface area contributed by atoms with E-state index in [-0.39, 0.29) is 68.5 Å². The van der Waals surface area contributed by atoms with E-state index >= 15 is 0 Å². The first-order valence-corrected chi connectivity index (χ1v) is 0.753. The second kappa shape index (κ2) is 17.7. The Morgan fingerprint density at radius 1 is 1.25 bits per heavy atom. The van der Waals surface area contributed by atoms with Crippen LogP contribution in [0.4, 0.5) is 0 Å². The summed E-state index contributed by atoms with van der Waals surface area (Å²) in [6, 6.07) is 0. The van der Waals surface area contributed by atoms with E-state index in [1.54, 1.807) is 0 Å². The zero-order chi connectivity index (χ0) is 2.00. The molecule has 21 valence electrons. The Morgan fingerprint density at radius 3 is 1.25 bits per heavy atom. The molecule has 0 rings (SSSR count). The minimum atomic E-state index is 0. The second-order valence-electron chi connectivity index (χ2n) is 0. The molecule has 0 amide bonds. The van der Waals surface area contributed by atoms with E-state index in [1.807, 2.05) is 0 Å². The summed E-state index contributed by atoms with van der Waals surface area (Å²) in [7, 11) is 0. The average molecular weight is 163 g/mol. The first kappa shape index (κ1) is 16.0. The Balaban J connectivity index is -0.00000000500.